The monoisotopic (exact) mass is 322 g/mol. The number of carbonyl (C=O) groups excluding carboxylic acids is 2. The smallest absolute Gasteiger partial charge is 0.203 e. The fraction of sp³-hybridized carbons (Fsp3) is 0.529. The van der Waals surface area contributed by atoms with Crippen molar-refractivity contribution < 1.29 is 28.9 Å². The van der Waals surface area contributed by atoms with Gasteiger partial charge in [-0.2, -0.15) is 0 Å². The first-order chi connectivity index (χ1) is 11.1. The lowest BCUT2D eigenvalue weighted by atomic mass is 9.95. The molecule has 0 radical (unpaired) electrons. The Labute approximate surface area is 135 Å². The molecule has 0 aliphatic heterocycles. The summed E-state index contributed by atoms with van der Waals surface area (Å²) in [6.07, 6.45) is 3.58. The Balaban J connectivity index is 2.14. The van der Waals surface area contributed by atoms with Crippen molar-refractivity contribution in [2.45, 2.75) is 32.1 Å². The van der Waals surface area contributed by atoms with Crippen LogP contribution in [0.2, 0.25) is 0 Å². The maximum Gasteiger partial charge on any atom is 0.203 e. The number of hydrogen-bond acceptors (Lipinski definition) is 6. The minimum Gasteiger partial charge on any atom is -0.504 e. The van der Waals surface area contributed by atoms with E-state index in [0.29, 0.717) is 0 Å². The fourth-order valence-corrected chi connectivity index (χ4v) is 2.86. The van der Waals surface area contributed by atoms with Crippen LogP contribution in [0.4, 0.5) is 0 Å². The number of benzene rings is 1. The first-order valence-electron chi connectivity index (χ1n) is 7.66. The number of phenolic OH excluding ortho intramolecular Hbond substituents is 1. The topological polar surface area (TPSA) is 82.1 Å². The van der Waals surface area contributed by atoms with Gasteiger partial charge in [-0.05, 0) is 25.0 Å². The lowest BCUT2D eigenvalue weighted by Gasteiger charge is -2.14. The van der Waals surface area contributed by atoms with E-state index in [-0.39, 0.29) is 47.7 Å². The molecule has 1 N–H and O–H groups in total. The molecular weight excluding hydrogens is 300 g/mol. The SMILES string of the molecule is COCOc1ccc(C(=O)CC(=O)C2CCCC2)c(O)c1OC. The van der Waals surface area contributed by atoms with Gasteiger partial charge in [-0.1, -0.05) is 12.8 Å². The average molecular weight is 322 g/mol. The molecule has 1 fully saturated rings. The number of ether oxygens (including phenoxy) is 3. The number of Topliss-reactive ketones (excluding diaryl/α,β-unsaturated/α-hetero) is 2. The second-order valence-corrected chi connectivity index (χ2v) is 5.59. The molecule has 6 heteroatoms. The van der Waals surface area contributed by atoms with E-state index in [1.165, 1.54) is 26.4 Å². The number of methoxy groups -OCH3 is 2. The zero-order valence-electron chi connectivity index (χ0n) is 13.5. The molecule has 0 spiro atoms. The van der Waals surface area contributed by atoms with Gasteiger partial charge in [0.15, 0.2) is 24.1 Å². The predicted octanol–water partition coefficient (Wildman–Crippen LogP) is 2.72. The maximum absolute atomic E-state index is 12.3. The van der Waals surface area contributed by atoms with Crippen molar-refractivity contribution in [2.24, 2.45) is 5.92 Å². The number of phenols is 1. The Morgan fingerprint density at radius 1 is 1.22 bits per heavy atom. The van der Waals surface area contributed by atoms with E-state index < -0.39 is 5.78 Å². The van der Waals surface area contributed by atoms with Crippen LogP contribution < -0.4 is 9.47 Å². The summed E-state index contributed by atoms with van der Waals surface area (Å²) in [5.74, 6) is -0.467. The Hall–Kier alpha value is -2.08. The third kappa shape index (κ3) is 4.01. The van der Waals surface area contributed by atoms with E-state index in [0.717, 1.165) is 25.7 Å². The van der Waals surface area contributed by atoms with E-state index in [1.807, 2.05) is 0 Å². The van der Waals surface area contributed by atoms with Crippen molar-refractivity contribution in [3.63, 3.8) is 0 Å². The number of rotatable bonds is 8. The largest absolute Gasteiger partial charge is 0.504 e. The van der Waals surface area contributed by atoms with Gasteiger partial charge in [-0.3, -0.25) is 9.59 Å². The number of carbonyl (C=O) groups is 2. The Kier molecular flexibility index (Phi) is 5.98. The molecule has 0 amide bonds. The molecule has 0 saturated heterocycles. The highest BCUT2D eigenvalue weighted by atomic mass is 16.7. The molecule has 1 aromatic rings. The van der Waals surface area contributed by atoms with Gasteiger partial charge in [0.1, 0.15) is 5.78 Å². The molecule has 1 aromatic carbocycles. The summed E-state index contributed by atoms with van der Waals surface area (Å²) in [6.45, 7) is -0.0107. The Bertz CT molecular complexity index is 575. The summed E-state index contributed by atoms with van der Waals surface area (Å²) in [5, 5.41) is 10.2. The van der Waals surface area contributed by atoms with Crippen LogP contribution in [-0.2, 0) is 9.53 Å². The van der Waals surface area contributed by atoms with E-state index in [2.05, 4.69) is 0 Å². The van der Waals surface area contributed by atoms with Crippen LogP contribution in [0, 0.1) is 5.92 Å². The molecule has 1 aliphatic carbocycles. The van der Waals surface area contributed by atoms with Crippen molar-refractivity contribution >= 4 is 11.6 Å². The molecule has 2 rings (SSSR count). The minimum atomic E-state index is -0.406. The number of hydrogen-bond donors (Lipinski definition) is 1. The second kappa shape index (κ2) is 7.97. The molecule has 23 heavy (non-hydrogen) atoms. The van der Waals surface area contributed by atoms with Crippen molar-refractivity contribution in [1.82, 2.24) is 0 Å². The van der Waals surface area contributed by atoms with E-state index >= 15 is 0 Å². The van der Waals surface area contributed by atoms with Gasteiger partial charge in [0.05, 0.1) is 19.1 Å². The third-order valence-electron chi connectivity index (χ3n) is 4.08. The van der Waals surface area contributed by atoms with Gasteiger partial charge in [0, 0.05) is 13.0 Å². The van der Waals surface area contributed by atoms with Crippen molar-refractivity contribution in [2.75, 3.05) is 21.0 Å². The predicted molar refractivity (Wildman–Crippen MR) is 83.1 cm³/mol. The highest BCUT2D eigenvalue weighted by Crippen LogP contribution is 2.39. The third-order valence-corrected chi connectivity index (χ3v) is 4.08. The van der Waals surface area contributed by atoms with Crippen LogP contribution in [0.1, 0.15) is 42.5 Å². The zero-order chi connectivity index (χ0) is 16.8. The molecule has 0 bridgehead atoms. The summed E-state index contributed by atoms with van der Waals surface area (Å²) in [6, 6.07) is 2.96. The summed E-state index contributed by atoms with van der Waals surface area (Å²) < 4.78 is 15.2. The van der Waals surface area contributed by atoms with Crippen LogP contribution in [0.3, 0.4) is 0 Å². The van der Waals surface area contributed by atoms with Crippen molar-refractivity contribution in [1.29, 1.82) is 0 Å². The molecule has 0 heterocycles. The molecule has 1 saturated carbocycles. The standard InChI is InChI=1S/C17H22O6/c1-21-10-23-15-8-7-12(16(20)17(15)22-2)14(19)9-13(18)11-5-3-4-6-11/h7-8,11,20H,3-6,9-10H2,1-2H3. The molecule has 6 nitrogen and oxygen atoms in total. The minimum absolute atomic E-state index is 0.0107. The van der Waals surface area contributed by atoms with E-state index in [9.17, 15) is 14.7 Å². The average Bonchev–Trinajstić information content (AvgIpc) is 3.07. The lowest BCUT2D eigenvalue weighted by molar-refractivity contribution is -0.121. The molecule has 0 aromatic heterocycles. The summed E-state index contributed by atoms with van der Waals surface area (Å²) >= 11 is 0. The molecule has 0 unspecified atom stereocenters. The highest BCUT2D eigenvalue weighted by Gasteiger charge is 2.27. The molecular formula is C17H22O6. The Morgan fingerprint density at radius 3 is 2.52 bits per heavy atom. The number of ketones is 2. The number of aromatic hydroxyl groups is 1. The van der Waals surface area contributed by atoms with Crippen molar-refractivity contribution in [3.8, 4) is 17.2 Å². The second-order valence-electron chi connectivity index (χ2n) is 5.59. The normalized spacial score (nSPS) is 14.7. The highest BCUT2D eigenvalue weighted by molar-refractivity contribution is 6.10. The first kappa shape index (κ1) is 17.3. The quantitative estimate of drug-likeness (QED) is 0.450. The van der Waals surface area contributed by atoms with Gasteiger partial charge in [-0.25, -0.2) is 0 Å². The van der Waals surface area contributed by atoms with E-state index in [1.54, 1.807) is 0 Å². The van der Waals surface area contributed by atoms with E-state index in [4.69, 9.17) is 14.2 Å². The van der Waals surface area contributed by atoms with Crippen LogP contribution in [0.15, 0.2) is 12.1 Å². The fourth-order valence-electron chi connectivity index (χ4n) is 2.86. The molecule has 1 aliphatic rings. The van der Waals surface area contributed by atoms with Gasteiger partial charge in [0.25, 0.3) is 0 Å². The van der Waals surface area contributed by atoms with Crippen molar-refractivity contribution in [3.05, 3.63) is 17.7 Å². The first-order valence-corrected chi connectivity index (χ1v) is 7.66. The van der Waals surface area contributed by atoms with Gasteiger partial charge >= 0.3 is 0 Å². The van der Waals surface area contributed by atoms with Gasteiger partial charge in [-0.15, -0.1) is 0 Å². The van der Waals surface area contributed by atoms with Crippen LogP contribution in [0.5, 0.6) is 17.2 Å². The Morgan fingerprint density at radius 2 is 1.91 bits per heavy atom. The summed E-state index contributed by atoms with van der Waals surface area (Å²) in [7, 11) is 2.84. The van der Waals surface area contributed by atoms with Crippen LogP contribution >= 0.6 is 0 Å². The lowest BCUT2D eigenvalue weighted by Crippen LogP contribution is -2.16. The summed E-state index contributed by atoms with van der Waals surface area (Å²) in [4.78, 5) is 24.5. The molecule has 126 valence electrons. The maximum atomic E-state index is 12.3. The molecule has 0 atom stereocenters. The zero-order valence-corrected chi connectivity index (χ0v) is 13.5. The van der Waals surface area contributed by atoms with Gasteiger partial charge in [0.2, 0.25) is 5.75 Å². The summed E-state index contributed by atoms with van der Waals surface area (Å²) in [5.41, 5.74) is 0.0676. The van der Waals surface area contributed by atoms with Gasteiger partial charge < -0.3 is 19.3 Å². The van der Waals surface area contributed by atoms with Crippen LogP contribution in [-0.4, -0.2) is 37.7 Å². The van der Waals surface area contributed by atoms with Crippen LogP contribution in [0.25, 0.3) is 0 Å².